The summed E-state index contributed by atoms with van der Waals surface area (Å²) in [5, 5.41) is 0.179. The number of likely N-dealkylation sites (N-methyl/N-ethyl adjacent to an activating group) is 1. The number of halogens is 1. The zero-order valence-electron chi connectivity index (χ0n) is 12.6. The number of anilines is 1. The molecule has 0 atom stereocenters. The van der Waals surface area contributed by atoms with E-state index in [4.69, 9.17) is 16.3 Å². The first-order valence-corrected chi connectivity index (χ1v) is 7.31. The molecule has 1 aromatic heterocycles. The summed E-state index contributed by atoms with van der Waals surface area (Å²) in [6.45, 7) is 9.69. The average Bonchev–Trinajstić information content (AvgIpc) is 2.39. The lowest BCUT2D eigenvalue weighted by Gasteiger charge is -2.45. The molecule has 0 unspecified atom stereocenters. The molecule has 0 N–H and O–H groups in total. The average molecular weight is 300 g/mol. The molecule has 1 saturated heterocycles. The molecule has 0 bridgehead atoms. The van der Waals surface area contributed by atoms with Crippen molar-refractivity contribution in [3.63, 3.8) is 0 Å². The number of nitrogens with zero attached hydrogens (tertiary/aromatic N) is 5. The summed E-state index contributed by atoms with van der Waals surface area (Å²) in [6.07, 6.45) is 0.903. The summed E-state index contributed by atoms with van der Waals surface area (Å²) in [5.74, 6) is 0.595. The van der Waals surface area contributed by atoms with Gasteiger partial charge in [0.1, 0.15) is 0 Å². The van der Waals surface area contributed by atoms with Crippen LogP contribution in [-0.2, 0) is 0 Å². The molecule has 7 heteroatoms. The monoisotopic (exact) mass is 299 g/mol. The Morgan fingerprint density at radius 3 is 2.65 bits per heavy atom. The Bertz CT molecular complexity index is 468. The van der Waals surface area contributed by atoms with E-state index in [2.05, 4.69) is 45.6 Å². The van der Waals surface area contributed by atoms with Crippen LogP contribution in [0.1, 0.15) is 27.2 Å². The third-order valence-corrected chi connectivity index (χ3v) is 3.78. The van der Waals surface area contributed by atoms with Gasteiger partial charge in [-0.1, -0.05) is 6.92 Å². The number of ether oxygens (including phenoxy) is 1. The smallest absolute Gasteiger partial charge is 0.322 e. The van der Waals surface area contributed by atoms with Gasteiger partial charge in [-0.05, 0) is 38.9 Å². The van der Waals surface area contributed by atoms with Crippen LogP contribution in [0.25, 0.3) is 0 Å². The lowest BCUT2D eigenvalue weighted by molar-refractivity contribution is 0.137. The van der Waals surface area contributed by atoms with E-state index in [1.807, 2.05) is 6.92 Å². The van der Waals surface area contributed by atoms with Crippen molar-refractivity contribution in [1.29, 1.82) is 0 Å². The minimum absolute atomic E-state index is 0.0712. The summed E-state index contributed by atoms with van der Waals surface area (Å²) in [4.78, 5) is 17.1. The second-order valence-electron chi connectivity index (χ2n) is 5.69. The largest absolute Gasteiger partial charge is 0.463 e. The van der Waals surface area contributed by atoms with E-state index in [1.54, 1.807) is 0 Å². The number of aromatic nitrogens is 3. The highest BCUT2D eigenvalue weighted by atomic mass is 35.5. The molecule has 0 spiro atoms. The zero-order chi connectivity index (χ0) is 14.8. The summed E-state index contributed by atoms with van der Waals surface area (Å²) in [5.41, 5.74) is 0.0712. The molecule has 1 aromatic rings. The first-order chi connectivity index (χ1) is 9.42. The molecule has 20 heavy (non-hydrogen) atoms. The van der Waals surface area contributed by atoms with Crippen LogP contribution >= 0.6 is 11.6 Å². The van der Waals surface area contributed by atoms with E-state index >= 15 is 0 Å². The highest BCUT2D eigenvalue weighted by Gasteiger charge is 2.32. The molecule has 0 aromatic carbocycles. The van der Waals surface area contributed by atoms with Crippen molar-refractivity contribution in [2.45, 2.75) is 32.7 Å². The molecule has 6 nitrogen and oxygen atoms in total. The van der Waals surface area contributed by atoms with Gasteiger partial charge in [-0.25, -0.2) is 0 Å². The van der Waals surface area contributed by atoms with Gasteiger partial charge in [-0.2, -0.15) is 15.0 Å². The van der Waals surface area contributed by atoms with Crippen molar-refractivity contribution in [3.05, 3.63) is 5.28 Å². The Hall–Kier alpha value is -1.14. The maximum atomic E-state index is 5.97. The maximum Gasteiger partial charge on any atom is 0.322 e. The second kappa shape index (κ2) is 6.10. The van der Waals surface area contributed by atoms with Crippen molar-refractivity contribution in [2.75, 3.05) is 38.2 Å². The highest BCUT2D eigenvalue weighted by molar-refractivity contribution is 6.28. The predicted octanol–water partition coefficient (Wildman–Crippen LogP) is 1.84. The normalized spacial score (nSPS) is 19.1. The number of rotatable bonds is 4. The number of hydrogen-bond acceptors (Lipinski definition) is 6. The van der Waals surface area contributed by atoms with E-state index in [0.29, 0.717) is 18.6 Å². The van der Waals surface area contributed by atoms with Gasteiger partial charge in [-0.3, -0.25) is 4.90 Å². The fourth-order valence-electron chi connectivity index (χ4n) is 2.13. The Kier molecular flexibility index (Phi) is 4.65. The Morgan fingerprint density at radius 2 is 2.00 bits per heavy atom. The van der Waals surface area contributed by atoms with E-state index in [1.165, 1.54) is 0 Å². The molecule has 1 fully saturated rings. The van der Waals surface area contributed by atoms with Crippen LogP contribution in [0.5, 0.6) is 6.01 Å². The van der Waals surface area contributed by atoms with Crippen molar-refractivity contribution in [2.24, 2.45) is 0 Å². The van der Waals surface area contributed by atoms with E-state index in [9.17, 15) is 0 Å². The summed E-state index contributed by atoms with van der Waals surface area (Å²) in [6, 6.07) is 0.304. The van der Waals surface area contributed by atoms with Gasteiger partial charge in [0.15, 0.2) is 0 Å². The van der Waals surface area contributed by atoms with Crippen LogP contribution in [0.4, 0.5) is 5.95 Å². The summed E-state index contributed by atoms with van der Waals surface area (Å²) in [7, 11) is 2.13. The summed E-state index contributed by atoms with van der Waals surface area (Å²) >= 11 is 5.97. The van der Waals surface area contributed by atoms with Crippen LogP contribution in [0.2, 0.25) is 5.28 Å². The van der Waals surface area contributed by atoms with Crippen molar-refractivity contribution in [3.8, 4) is 6.01 Å². The lowest BCUT2D eigenvalue weighted by atomic mass is 10.0. The zero-order valence-corrected chi connectivity index (χ0v) is 13.3. The van der Waals surface area contributed by atoms with Crippen molar-refractivity contribution >= 4 is 17.5 Å². The third-order valence-electron chi connectivity index (χ3n) is 3.61. The highest BCUT2D eigenvalue weighted by Crippen LogP contribution is 2.23. The first-order valence-electron chi connectivity index (χ1n) is 6.93. The van der Waals surface area contributed by atoms with E-state index in [0.717, 1.165) is 26.1 Å². The van der Waals surface area contributed by atoms with Crippen LogP contribution in [0, 0.1) is 0 Å². The van der Waals surface area contributed by atoms with Gasteiger partial charge in [0.05, 0.1) is 6.61 Å². The third kappa shape index (κ3) is 3.49. The molecule has 112 valence electrons. The van der Waals surface area contributed by atoms with Crippen LogP contribution < -0.4 is 9.64 Å². The molecule has 2 heterocycles. The summed E-state index contributed by atoms with van der Waals surface area (Å²) < 4.78 is 5.46. The van der Waals surface area contributed by atoms with Gasteiger partial charge in [0, 0.05) is 25.2 Å². The quantitative estimate of drug-likeness (QED) is 0.846. The molecule has 0 aliphatic carbocycles. The predicted molar refractivity (Wildman–Crippen MR) is 79.5 cm³/mol. The van der Waals surface area contributed by atoms with Crippen LogP contribution in [0.15, 0.2) is 0 Å². The van der Waals surface area contributed by atoms with Crippen LogP contribution in [-0.4, -0.2) is 58.7 Å². The fourth-order valence-corrected chi connectivity index (χ4v) is 2.28. The number of piperazine rings is 1. The number of hydrogen-bond donors (Lipinski definition) is 0. The van der Waals surface area contributed by atoms with Crippen molar-refractivity contribution in [1.82, 2.24) is 19.9 Å². The Labute approximate surface area is 125 Å². The molecular weight excluding hydrogens is 278 g/mol. The van der Waals surface area contributed by atoms with Gasteiger partial charge in [-0.15, -0.1) is 0 Å². The second-order valence-corrected chi connectivity index (χ2v) is 6.03. The Morgan fingerprint density at radius 1 is 1.25 bits per heavy atom. The fraction of sp³-hybridized carbons (Fsp3) is 0.769. The molecular formula is C13H22ClN5O. The molecule has 0 amide bonds. The minimum atomic E-state index is 0.0712. The molecule has 2 rings (SSSR count). The van der Waals surface area contributed by atoms with E-state index in [-0.39, 0.29) is 10.8 Å². The maximum absolute atomic E-state index is 5.97. The van der Waals surface area contributed by atoms with Crippen molar-refractivity contribution < 1.29 is 4.74 Å². The van der Waals surface area contributed by atoms with Gasteiger partial charge in [0.2, 0.25) is 11.2 Å². The van der Waals surface area contributed by atoms with Gasteiger partial charge < -0.3 is 9.64 Å². The molecule has 1 aliphatic heterocycles. The topological polar surface area (TPSA) is 54.4 Å². The van der Waals surface area contributed by atoms with Crippen LogP contribution in [0.3, 0.4) is 0 Å². The molecule has 1 aliphatic rings. The standard InChI is InChI=1S/C13H22ClN5O/c1-5-8-20-12-16-10(14)15-11(17-12)19-7-6-18(4)13(2,3)9-19/h5-9H2,1-4H3. The minimum Gasteiger partial charge on any atom is -0.463 e. The lowest BCUT2D eigenvalue weighted by Crippen LogP contribution is -2.58. The molecule has 0 radical (unpaired) electrons. The first kappa shape index (κ1) is 15.3. The Balaban J connectivity index is 2.17. The van der Waals surface area contributed by atoms with Gasteiger partial charge in [0.25, 0.3) is 0 Å². The molecule has 0 saturated carbocycles. The van der Waals surface area contributed by atoms with E-state index < -0.39 is 0 Å². The van der Waals surface area contributed by atoms with Gasteiger partial charge >= 0.3 is 6.01 Å². The SMILES string of the molecule is CCCOc1nc(Cl)nc(N2CCN(C)C(C)(C)C2)n1.